The van der Waals surface area contributed by atoms with E-state index in [0.29, 0.717) is 13.2 Å². The van der Waals surface area contributed by atoms with E-state index >= 15 is 0 Å². The molecule has 1 aromatic rings. The highest BCUT2D eigenvalue weighted by atomic mass is 16.6. The van der Waals surface area contributed by atoms with Crippen LogP contribution in [0, 0.1) is 11.8 Å². The van der Waals surface area contributed by atoms with Gasteiger partial charge in [0, 0.05) is 11.8 Å². The number of ether oxygens (including phenoxy) is 3. The van der Waals surface area contributed by atoms with Crippen LogP contribution in [0.15, 0.2) is 42.5 Å². The molecule has 0 saturated heterocycles. The number of carbonyl (C=O) groups excluding carboxylic acids is 1. The first-order valence-corrected chi connectivity index (χ1v) is 7.65. The Hall–Kier alpha value is -1.65. The number of esters is 1. The van der Waals surface area contributed by atoms with Crippen molar-refractivity contribution in [1.29, 1.82) is 0 Å². The lowest BCUT2D eigenvalue weighted by molar-refractivity contribution is -0.163. The molecule has 4 atom stereocenters. The number of rotatable bonds is 6. The lowest BCUT2D eigenvalue weighted by Crippen LogP contribution is -2.40. The third kappa shape index (κ3) is 4.42. The number of hydrogen-bond donors (Lipinski definition) is 0. The van der Waals surface area contributed by atoms with Crippen LogP contribution in [-0.4, -0.2) is 31.9 Å². The predicted molar refractivity (Wildman–Crippen MR) is 84.2 cm³/mol. The van der Waals surface area contributed by atoms with Gasteiger partial charge in [-0.2, -0.15) is 0 Å². The minimum absolute atomic E-state index is 0.0288. The molecule has 4 nitrogen and oxygen atoms in total. The molecule has 0 fully saturated rings. The van der Waals surface area contributed by atoms with E-state index in [9.17, 15) is 4.79 Å². The molecule has 1 aliphatic heterocycles. The van der Waals surface area contributed by atoms with E-state index in [0.717, 1.165) is 5.56 Å². The second kappa shape index (κ2) is 8.11. The maximum Gasteiger partial charge on any atom is 0.335 e. The van der Waals surface area contributed by atoms with E-state index in [1.54, 1.807) is 0 Å². The Morgan fingerprint density at radius 1 is 1.27 bits per heavy atom. The van der Waals surface area contributed by atoms with Gasteiger partial charge in [-0.15, -0.1) is 0 Å². The van der Waals surface area contributed by atoms with Gasteiger partial charge in [-0.1, -0.05) is 56.3 Å². The predicted octanol–water partition coefficient (Wildman–Crippen LogP) is 2.97. The van der Waals surface area contributed by atoms with E-state index in [1.165, 1.54) is 7.11 Å². The van der Waals surface area contributed by atoms with E-state index < -0.39 is 6.10 Å². The van der Waals surface area contributed by atoms with Gasteiger partial charge in [-0.3, -0.25) is 0 Å². The van der Waals surface area contributed by atoms with Crippen LogP contribution in [0.1, 0.15) is 19.4 Å². The third-order valence-corrected chi connectivity index (χ3v) is 3.87. The van der Waals surface area contributed by atoms with Crippen molar-refractivity contribution in [2.24, 2.45) is 11.8 Å². The largest absolute Gasteiger partial charge is 0.467 e. The molecule has 1 heterocycles. The molecule has 4 heteroatoms. The van der Waals surface area contributed by atoms with Crippen molar-refractivity contribution >= 4 is 5.97 Å². The van der Waals surface area contributed by atoms with Gasteiger partial charge in [-0.25, -0.2) is 4.79 Å². The number of methoxy groups -OCH3 is 1. The van der Waals surface area contributed by atoms with Crippen LogP contribution >= 0.6 is 0 Å². The van der Waals surface area contributed by atoms with Crippen LogP contribution in [0.5, 0.6) is 0 Å². The number of benzene rings is 1. The highest BCUT2D eigenvalue weighted by Crippen LogP contribution is 2.24. The normalized spacial score (nSPS) is 25.7. The molecule has 0 aliphatic carbocycles. The van der Waals surface area contributed by atoms with Crippen LogP contribution in [0.25, 0.3) is 0 Å². The van der Waals surface area contributed by atoms with Crippen LogP contribution in [0.2, 0.25) is 0 Å². The molecule has 0 unspecified atom stereocenters. The first-order valence-electron chi connectivity index (χ1n) is 7.65. The summed E-state index contributed by atoms with van der Waals surface area (Å²) in [6, 6.07) is 10.1. The van der Waals surface area contributed by atoms with Crippen molar-refractivity contribution in [1.82, 2.24) is 0 Å². The molecule has 22 heavy (non-hydrogen) atoms. The molecule has 120 valence electrons. The average Bonchev–Trinajstić information content (AvgIpc) is 2.55. The van der Waals surface area contributed by atoms with E-state index in [4.69, 9.17) is 14.2 Å². The summed E-state index contributed by atoms with van der Waals surface area (Å²) in [6.45, 7) is 5.17. The van der Waals surface area contributed by atoms with Crippen molar-refractivity contribution in [2.45, 2.75) is 32.7 Å². The molecular formula is C18H24O4. The van der Waals surface area contributed by atoms with Crippen molar-refractivity contribution in [2.75, 3.05) is 13.7 Å². The topological polar surface area (TPSA) is 44.8 Å². The summed E-state index contributed by atoms with van der Waals surface area (Å²) >= 11 is 0. The Morgan fingerprint density at radius 3 is 2.68 bits per heavy atom. The molecule has 0 saturated carbocycles. The summed E-state index contributed by atoms with van der Waals surface area (Å²) in [5.41, 5.74) is 1.15. The Balaban J connectivity index is 1.83. The fourth-order valence-electron chi connectivity index (χ4n) is 2.47. The van der Waals surface area contributed by atoms with E-state index in [2.05, 4.69) is 6.92 Å². The summed E-state index contributed by atoms with van der Waals surface area (Å²) in [5, 5.41) is 0. The molecule has 0 radical (unpaired) electrons. The van der Waals surface area contributed by atoms with Gasteiger partial charge < -0.3 is 14.2 Å². The zero-order chi connectivity index (χ0) is 15.9. The van der Waals surface area contributed by atoms with Crippen LogP contribution in [0.4, 0.5) is 0 Å². The summed E-state index contributed by atoms with van der Waals surface area (Å²) in [4.78, 5) is 11.7. The summed E-state index contributed by atoms with van der Waals surface area (Å²) in [5.74, 6) is -0.125. The molecule has 0 amide bonds. The van der Waals surface area contributed by atoms with Crippen molar-refractivity contribution in [3.63, 3.8) is 0 Å². The van der Waals surface area contributed by atoms with Gasteiger partial charge in [0.05, 0.1) is 26.4 Å². The molecular weight excluding hydrogens is 280 g/mol. The summed E-state index contributed by atoms with van der Waals surface area (Å²) in [6.07, 6.45) is 3.37. The molecule has 2 rings (SSSR count). The Labute approximate surface area is 132 Å². The fraction of sp³-hybridized carbons (Fsp3) is 0.500. The summed E-state index contributed by atoms with van der Waals surface area (Å²) in [7, 11) is 1.39. The summed E-state index contributed by atoms with van der Waals surface area (Å²) < 4.78 is 16.4. The highest BCUT2D eigenvalue weighted by molar-refractivity contribution is 5.75. The highest BCUT2D eigenvalue weighted by Gasteiger charge is 2.33. The SMILES string of the molecule is COC(=O)[C@H]1O[C@@H]([C@H](C)COCc2ccccc2)C=C[C@H]1C. The Kier molecular flexibility index (Phi) is 6.16. The van der Waals surface area contributed by atoms with E-state index in [-0.39, 0.29) is 23.9 Å². The van der Waals surface area contributed by atoms with Gasteiger partial charge in [0.15, 0.2) is 6.10 Å². The molecule has 0 aromatic heterocycles. The van der Waals surface area contributed by atoms with Crippen molar-refractivity contribution in [3.05, 3.63) is 48.0 Å². The van der Waals surface area contributed by atoms with Crippen molar-refractivity contribution < 1.29 is 19.0 Å². The van der Waals surface area contributed by atoms with Crippen LogP contribution in [0.3, 0.4) is 0 Å². The van der Waals surface area contributed by atoms with Gasteiger partial charge in [0.25, 0.3) is 0 Å². The second-order valence-corrected chi connectivity index (χ2v) is 5.77. The van der Waals surface area contributed by atoms with Crippen LogP contribution < -0.4 is 0 Å². The molecule has 1 aromatic carbocycles. The zero-order valence-electron chi connectivity index (χ0n) is 13.4. The molecule has 0 N–H and O–H groups in total. The molecule has 1 aliphatic rings. The minimum Gasteiger partial charge on any atom is -0.467 e. The second-order valence-electron chi connectivity index (χ2n) is 5.77. The first kappa shape index (κ1) is 16.7. The monoisotopic (exact) mass is 304 g/mol. The van der Waals surface area contributed by atoms with Gasteiger partial charge in [-0.05, 0) is 5.56 Å². The fourth-order valence-corrected chi connectivity index (χ4v) is 2.47. The van der Waals surface area contributed by atoms with E-state index in [1.807, 2.05) is 49.4 Å². The zero-order valence-corrected chi connectivity index (χ0v) is 13.4. The van der Waals surface area contributed by atoms with Gasteiger partial charge in [0.1, 0.15) is 0 Å². The lowest BCUT2D eigenvalue weighted by atomic mass is 9.95. The maximum atomic E-state index is 11.7. The lowest BCUT2D eigenvalue weighted by Gasteiger charge is -2.31. The average molecular weight is 304 g/mol. The molecule has 0 bridgehead atoms. The third-order valence-electron chi connectivity index (χ3n) is 3.87. The smallest absolute Gasteiger partial charge is 0.335 e. The number of carbonyl (C=O) groups is 1. The standard InChI is InChI=1S/C18H24O4/c1-13-9-10-16(22-17(13)18(19)20-3)14(2)11-21-12-15-7-5-4-6-8-15/h4-10,13-14,16-17H,11-12H2,1-3H3/t13-,14-,16-,17+/m1/s1. The van der Waals surface area contributed by atoms with Crippen LogP contribution in [-0.2, 0) is 25.6 Å². The van der Waals surface area contributed by atoms with Gasteiger partial charge in [0.2, 0.25) is 0 Å². The Bertz CT molecular complexity index is 497. The van der Waals surface area contributed by atoms with Gasteiger partial charge >= 0.3 is 5.97 Å². The first-order chi connectivity index (χ1) is 10.6. The van der Waals surface area contributed by atoms with Crippen molar-refractivity contribution in [3.8, 4) is 0 Å². The molecule has 0 spiro atoms. The minimum atomic E-state index is -0.531. The number of hydrogen-bond acceptors (Lipinski definition) is 4. The Morgan fingerprint density at radius 2 is 2.00 bits per heavy atom. The quantitative estimate of drug-likeness (QED) is 0.599. The maximum absolute atomic E-state index is 11.7.